The maximum atomic E-state index is 12.0. The molecule has 0 aliphatic carbocycles. The zero-order valence-corrected chi connectivity index (χ0v) is 11.4. The molecule has 2 aliphatic rings. The minimum absolute atomic E-state index is 0.0465. The summed E-state index contributed by atoms with van der Waals surface area (Å²) in [5.41, 5.74) is 0. The summed E-state index contributed by atoms with van der Waals surface area (Å²) in [6, 6.07) is 0.922. The predicted octanol–water partition coefficient (Wildman–Crippen LogP) is -0.0362. The Balaban J connectivity index is 1.72. The van der Waals surface area contributed by atoms with E-state index in [1.807, 2.05) is 0 Å². The lowest BCUT2D eigenvalue weighted by Gasteiger charge is -2.35. The minimum Gasteiger partial charge on any atom is -0.366 e. The van der Waals surface area contributed by atoms with Crippen molar-refractivity contribution < 1.29 is 9.53 Å². The van der Waals surface area contributed by atoms with Crippen LogP contribution in [0.5, 0.6) is 0 Å². The maximum absolute atomic E-state index is 12.0. The van der Waals surface area contributed by atoms with Crippen molar-refractivity contribution in [1.29, 1.82) is 0 Å². The number of amides is 1. The molecule has 0 aromatic carbocycles. The fraction of sp³-hybridized carbons (Fsp3) is 0.923. The zero-order chi connectivity index (χ0) is 13.0. The fourth-order valence-corrected chi connectivity index (χ4v) is 2.59. The number of nitrogens with one attached hydrogen (secondary N) is 2. The lowest BCUT2D eigenvalue weighted by molar-refractivity contribution is -0.135. The normalized spacial score (nSPS) is 27.4. The van der Waals surface area contributed by atoms with Gasteiger partial charge in [-0.2, -0.15) is 0 Å². The van der Waals surface area contributed by atoms with Crippen molar-refractivity contribution >= 4 is 5.91 Å². The lowest BCUT2D eigenvalue weighted by atomic mass is 10.0. The highest BCUT2D eigenvalue weighted by Crippen LogP contribution is 2.13. The molecule has 1 amide bonds. The number of nitrogens with zero attached hydrogens (tertiary/aromatic N) is 1. The molecule has 104 valence electrons. The average Bonchev–Trinajstić information content (AvgIpc) is 2.40. The van der Waals surface area contributed by atoms with Crippen LogP contribution in [0.2, 0.25) is 0 Å². The number of carbonyl (C=O) groups excluding carboxylic acids is 1. The molecule has 0 saturated carbocycles. The molecular weight excluding hydrogens is 230 g/mol. The van der Waals surface area contributed by atoms with E-state index >= 15 is 0 Å². The third-order valence-electron chi connectivity index (χ3n) is 3.83. The molecule has 5 heteroatoms. The van der Waals surface area contributed by atoms with E-state index in [1.54, 1.807) is 0 Å². The van der Waals surface area contributed by atoms with Gasteiger partial charge in [0.15, 0.2) is 0 Å². The second kappa shape index (κ2) is 6.50. The third-order valence-corrected chi connectivity index (χ3v) is 3.83. The van der Waals surface area contributed by atoms with Crippen LogP contribution in [0.15, 0.2) is 0 Å². The van der Waals surface area contributed by atoms with Crippen molar-refractivity contribution in [2.24, 2.45) is 0 Å². The quantitative estimate of drug-likeness (QED) is 0.743. The van der Waals surface area contributed by atoms with E-state index in [0.29, 0.717) is 25.2 Å². The van der Waals surface area contributed by atoms with E-state index in [1.165, 1.54) is 0 Å². The number of morpholine rings is 1. The van der Waals surface area contributed by atoms with Crippen LogP contribution in [-0.4, -0.2) is 61.8 Å². The summed E-state index contributed by atoms with van der Waals surface area (Å²) in [5, 5.41) is 6.30. The number of hydrogen-bond acceptors (Lipinski definition) is 4. The first-order valence-electron chi connectivity index (χ1n) is 7.03. The van der Waals surface area contributed by atoms with Gasteiger partial charge in [-0.15, -0.1) is 0 Å². The van der Waals surface area contributed by atoms with Crippen LogP contribution in [0.4, 0.5) is 0 Å². The van der Waals surface area contributed by atoms with Gasteiger partial charge in [-0.25, -0.2) is 0 Å². The Kier molecular flexibility index (Phi) is 4.97. The van der Waals surface area contributed by atoms with Crippen molar-refractivity contribution in [3.63, 3.8) is 0 Å². The van der Waals surface area contributed by atoms with Gasteiger partial charge in [0.1, 0.15) is 6.10 Å². The van der Waals surface area contributed by atoms with Gasteiger partial charge in [-0.3, -0.25) is 4.79 Å². The van der Waals surface area contributed by atoms with Crippen LogP contribution in [0.25, 0.3) is 0 Å². The predicted molar refractivity (Wildman–Crippen MR) is 70.5 cm³/mol. The van der Waals surface area contributed by atoms with Crippen molar-refractivity contribution in [2.45, 2.75) is 44.9 Å². The second-order valence-electron chi connectivity index (χ2n) is 5.48. The number of piperidine rings is 1. The fourth-order valence-electron chi connectivity index (χ4n) is 2.59. The van der Waals surface area contributed by atoms with Crippen molar-refractivity contribution in [2.75, 3.05) is 32.8 Å². The Bertz CT molecular complexity index is 269. The summed E-state index contributed by atoms with van der Waals surface area (Å²) in [6.45, 7) is 8.71. The van der Waals surface area contributed by atoms with E-state index in [0.717, 1.165) is 32.5 Å². The van der Waals surface area contributed by atoms with Crippen molar-refractivity contribution in [3.8, 4) is 0 Å². The van der Waals surface area contributed by atoms with E-state index in [-0.39, 0.29) is 12.0 Å². The molecule has 2 fully saturated rings. The van der Waals surface area contributed by atoms with E-state index in [9.17, 15) is 4.79 Å². The second-order valence-corrected chi connectivity index (χ2v) is 5.48. The summed E-state index contributed by atoms with van der Waals surface area (Å²) < 4.78 is 5.46. The SMILES string of the molecule is CC(C)N1CCC(NC(=O)C2CNCCO2)CC1. The number of hydrogen-bond donors (Lipinski definition) is 2. The number of rotatable bonds is 3. The zero-order valence-electron chi connectivity index (χ0n) is 11.4. The molecule has 2 saturated heterocycles. The van der Waals surface area contributed by atoms with Gasteiger partial charge in [0.2, 0.25) is 0 Å². The van der Waals surface area contributed by atoms with Gasteiger partial charge in [-0.05, 0) is 26.7 Å². The molecular formula is C13H25N3O2. The van der Waals surface area contributed by atoms with Crippen LogP contribution >= 0.6 is 0 Å². The molecule has 18 heavy (non-hydrogen) atoms. The molecule has 2 rings (SSSR count). The molecule has 0 aromatic heterocycles. The number of ether oxygens (including phenoxy) is 1. The van der Waals surface area contributed by atoms with Crippen molar-refractivity contribution in [1.82, 2.24) is 15.5 Å². The molecule has 1 atom stereocenters. The highest BCUT2D eigenvalue weighted by molar-refractivity contribution is 5.81. The standard InChI is InChI=1S/C13H25N3O2/c1-10(2)16-6-3-11(4-7-16)15-13(17)12-9-14-5-8-18-12/h10-12,14H,3-9H2,1-2H3,(H,15,17). The van der Waals surface area contributed by atoms with Gasteiger partial charge < -0.3 is 20.3 Å². The largest absolute Gasteiger partial charge is 0.366 e. The Morgan fingerprint density at radius 3 is 2.67 bits per heavy atom. The highest BCUT2D eigenvalue weighted by atomic mass is 16.5. The first-order chi connectivity index (χ1) is 8.66. The van der Waals surface area contributed by atoms with E-state index in [4.69, 9.17) is 4.74 Å². The Morgan fingerprint density at radius 2 is 2.11 bits per heavy atom. The molecule has 2 aliphatic heterocycles. The molecule has 2 N–H and O–H groups in total. The molecule has 5 nitrogen and oxygen atoms in total. The molecule has 0 radical (unpaired) electrons. The number of carbonyl (C=O) groups is 1. The van der Waals surface area contributed by atoms with Crippen LogP contribution in [0, 0.1) is 0 Å². The first-order valence-corrected chi connectivity index (χ1v) is 7.03. The molecule has 0 bridgehead atoms. The molecule has 2 heterocycles. The van der Waals surface area contributed by atoms with Crippen molar-refractivity contribution in [3.05, 3.63) is 0 Å². The van der Waals surface area contributed by atoms with Crippen LogP contribution in [0.1, 0.15) is 26.7 Å². The Hall–Kier alpha value is -0.650. The summed E-state index contributed by atoms with van der Waals surface area (Å²) in [4.78, 5) is 14.5. The van der Waals surface area contributed by atoms with Crippen LogP contribution < -0.4 is 10.6 Å². The summed E-state index contributed by atoms with van der Waals surface area (Å²) in [6.07, 6.45) is 1.79. The van der Waals surface area contributed by atoms with Gasteiger partial charge in [0, 0.05) is 38.3 Å². The minimum atomic E-state index is -0.304. The third kappa shape index (κ3) is 3.67. The Labute approximate surface area is 109 Å². The topological polar surface area (TPSA) is 53.6 Å². The lowest BCUT2D eigenvalue weighted by Crippen LogP contribution is -2.53. The van der Waals surface area contributed by atoms with Gasteiger partial charge in [0.25, 0.3) is 5.91 Å². The van der Waals surface area contributed by atoms with Gasteiger partial charge in [-0.1, -0.05) is 0 Å². The Morgan fingerprint density at radius 1 is 1.39 bits per heavy atom. The van der Waals surface area contributed by atoms with Gasteiger partial charge >= 0.3 is 0 Å². The first kappa shape index (κ1) is 13.8. The highest BCUT2D eigenvalue weighted by Gasteiger charge is 2.26. The van der Waals surface area contributed by atoms with Gasteiger partial charge in [0.05, 0.1) is 6.61 Å². The average molecular weight is 255 g/mol. The molecule has 0 spiro atoms. The summed E-state index contributed by atoms with van der Waals surface area (Å²) in [7, 11) is 0. The summed E-state index contributed by atoms with van der Waals surface area (Å²) in [5.74, 6) is 0.0465. The number of likely N-dealkylation sites (tertiary alicyclic amines) is 1. The maximum Gasteiger partial charge on any atom is 0.250 e. The van der Waals surface area contributed by atoms with E-state index in [2.05, 4.69) is 29.4 Å². The molecule has 0 aromatic rings. The van der Waals surface area contributed by atoms with E-state index < -0.39 is 0 Å². The molecule has 1 unspecified atom stereocenters. The smallest absolute Gasteiger partial charge is 0.250 e. The summed E-state index contributed by atoms with van der Waals surface area (Å²) >= 11 is 0. The van der Waals surface area contributed by atoms with Crippen LogP contribution in [0.3, 0.4) is 0 Å². The van der Waals surface area contributed by atoms with Crippen LogP contribution in [-0.2, 0) is 9.53 Å². The monoisotopic (exact) mass is 255 g/mol.